The van der Waals surface area contributed by atoms with Crippen LogP contribution in [0.4, 0.5) is 0 Å². The molecule has 1 aromatic carbocycles. The minimum absolute atomic E-state index is 0.125. The fourth-order valence-electron chi connectivity index (χ4n) is 2.26. The predicted octanol–water partition coefficient (Wildman–Crippen LogP) is 1.93. The highest BCUT2D eigenvalue weighted by Gasteiger charge is 2.31. The van der Waals surface area contributed by atoms with Gasteiger partial charge in [-0.1, -0.05) is 22.0 Å². The molecule has 0 aromatic heterocycles. The molecule has 18 heavy (non-hydrogen) atoms. The number of hydrogen-bond donors (Lipinski definition) is 1. The Balaban J connectivity index is 2.23. The molecule has 4 nitrogen and oxygen atoms in total. The Hall–Kier alpha value is -1.36. The number of piperidine rings is 1. The first-order valence-electron chi connectivity index (χ1n) is 5.95. The average molecular weight is 311 g/mol. The second-order valence-corrected chi connectivity index (χ2v) is 5.34. The summed E-state index contributed by atoms with van der Waals surface area (Å²) < 4.78 is 0.848. The van der Waals surface area contributed by atoms with Gasteiger partial charge in [-0.3, -0.25) is 9.59 Å². The van der Waals surface area contributed by atoms with Crippen molar-refractivity contribution >= 4 is 27.7 Å². The van der Waals surface area contributed by atoms with Gasteiger partial charge in [0.05, 0.1) is 0 Å². The zero-order valence-electron chi connectivity index (χ0n) is 9.93. The fraction of sp³-hybridized carbons (Fsp3) is 0.385. The third-order valence-electron chi connectivity index (χ3n) is 3.16. The summed E-state index contributed by atoms with van der Waals surface area (Å²) in [5.41, 5.74) is 5.94. The molecule has 0 aliphatic carbocycles. The van der Waals surface area contributed by atoms with Gasteiger partial charge < -0.3 is 10.6 Å². The highest BCUT2D eigenvalue weighted by atomic mass is 79.9. The molecule has 2 amide bonds. The summed E-state index contributed by atoms with van der Waals surface area (Å²) >= 11 is 3.34. The molecule has 0 spiro atoms. The van der Waals surface area contributed by atoms with Gasteiger partial charge in [0.15, 0.2) is 0 Å². The van der Waals surface area contributed by atoms with Crippen molar-refractivity contribution in [1.82, 2.24) is 4.90 Å². The minimum Gasteiger partial charge on any atom is -0.368 e. The number of halogens is 1. The summed E-state index contributed by atoms with van der Waals surface area (Å²) in [5, 5.41) is 0. The van der Waals surface area contributed by atoms with Gasteiger partial charge in [0.25, 0.3) is 5.91 Å². The SMILES string of the molecule is NC(=O)C1CCCCN1C(=O)c1cccc(Br)c1. The molecule has 1 aliphatic heterocycles. The Labute approximate surface area is 114 Å². The summed E-state index contributed by atoms with van der Waals surface area (Å²) in [6.45, 7) is 0.596. The molecule has 1 atom stereocenters. The molecule has 0 saturated carbocycles. The van der Waals surface area contributed by atoms with E-state index in [2.05, 4.69) is 15.9 Å². The topological polar surface area (TPSA) is 63.4 Å². The third kappa shape index (κ3) is 2.72. The summed E-state index contributed by atoms with van der Waals surface area (Å²) in [5.74, 6) is -0.544. The number of amides is 2. The molecule has 1 saturated heterocycles. The molecule has 0 bridgehead atoms. The van der Waals surface area contributed by atoms with Crippen LogP contribution >= 0.6 is 15.9 Å². The van der Waals surface area contributed by atoms with Crippen LogP contribution in [0.15, 0.2) is 28.7 Å². The minimum atomic E-state index is -0.467. The molecule has 2 rings (SSSR count). The summed E-state index contributed by atoms with van der Waals surface area (Å²) in [7, 11) is 0. The van der Waals surface area contributed by atoms with Crippen molar-refractivity contribution in [2.45, 2.75) is 25.3 Å². The molecule has 1 aliphatic rings. The predicted molar refractivity (Wildman–Crippen MR) is 72.0 cm³/mol. The highest BCUT2D eigenvalue weighted by Crippen LogP contribution is 2.21. The van der Waals surface area contributed by atoms with E-state index >= 15 is 0 Å². The lowest BCUT2D eigenvalue weighted by Crippen LogP contribution is -2.50. The molecule has 96 valence electrons. The van der Waals surface area contributed by atoms with Crippen LogP contribution in [0.3, 0.4) is 0 Å². The van der Waals surface area contributed by atoms with Gasteiger partial charge in [-0.15, -0.1) is 0 Å². The Morgan fingerprint density at radius 2 is 2.11 bits per heavy atom. The maximum absolute atomic E-state index is 12.4. The number of primary amides is 1. The average Bonchev–Trinajstić information content (AvgIpc) is 2.38. The van der Waals surface area contributed by atoms with Crippen molar-refractivity contribution in [3.8, 4) is 0 Å². The van der Waals surface area contributed by atoms with Crippen molar-refractivity contribution in [2.75, 3.05) is 6.54 Å². The van der Waals surface area contributed by atoms with Gasteiger partial charge in [-0.25, -0.2) is 0 Å². The van der Waals surface area contributed by atoms with Gasteiger partial charge in [0.1, 0.15) is 6.04 Å². The smallest absolute Gasteiger partial charge is 0.254 e. The summed E-state index contributed by atoms with van der Waals surface area (Å²) in [6.07, 6.45) is 2.52. The maximum Gasteiger partial charge on any atom is 0.254 e. The normalized spacial score (nSPS) is 19.6. The number of benzene rings is 1. The van der Waals surface area contributed by atoms with E-state index < -0.39 is 11.9 Å². The number of carbonyl (C=O) groups is 2. The number of hydrogen-bond acceptors (Lipinski definition) is 2. The molecule has 0 radical (unpaired) electrons. The fourth-order valence-corrected chi connectivity index (χ4v) is 2.66. The van der Waals surface area contributed by atoms with Gasteiger partial charge in [0.2, 0.25) is 5.91 Å². The van der Waals surface area contributed by atoms with E-state index in [-0.39, 0.29) is 5.91 Å². The van der Waals surface area contributed by atoms with Crippen LogP contribution in [0, 0.1) is 0 Å². The van der Waals surface area contributed by atoms with Gasteiger partial charge in [0, 0.05) is 16.6 Å². The Morgan fingerprint density at radius 1 is 1.33 bits per heavy atom. The van der Waals surface area contributed by atoms with E-state index in [1.807, 2.05) is 6.07 Å². The van der Waals surface area contributed by atoms with E-state index in [0.29, 0.717) is 18.5 Å². The van der Waals surface area contributed by atoms with E-state index in [1.165, 1.54) is 0 Å². The van der Waals surface area contributed by atoms with E-state index in [9.17, 15) is 9.59 Å². The first-order chi connectivity index (χ1) is 8.59. The molecular weight excluding hydrogens is 296 g/mol. The molecule has 1 fully saturated rings. The van der Waals surface area contributed by atoms with Gasteiger partial charge in [-0.05, 0) is 37.5 Å². The molecular formula is C13H15BrN2O2. The molecule has 1 unspecified atom stereocenters. The van der Waals surface area contributed by atoms with Crippen LogP contribution in [0.25, 0.3) is 0 Å². The van der Waals surface area contributed by atoms with Crippen molar-refractivity contribution in [3.63, 3.8) is 0 Å². The standard InChI is InChI=1S/C13H15BrN2O2/c14-10-5-3-4-9(8-10)13(18)16-7-2-1-6-11(16)12(15)17/h3-5,8,11H,1-2,6-7H2,(H2,15,17). The second-order valence-electron chi connectivity index (χ2n) is 4.42. The maximum atomic E-state index is 12.4. The summed E-state index contributed by atoms with van der Waals surface area (Å²) in [6, 6.07) is 6.71. The quantitative estimate of drug-likeness (QED) is 0.907. The van der Waals surface area contributed by atoms with E-state index in [1.54, 1.807) is 23.1 Å². The van der Waals surface area contributed by atoms with Gasteiger partial charge in [-0.2, -0.15) is 0 Å². The van der Waals surface area contributed by atoms with E-state index in [4.69, 9.17) is 5.73 Å². The first-order valence-corrected chi connectivity index (χ1v) is 6.75. The lowest BCUT2D eigenvalue weighted by molar-refractivity contribution is -0.123. The molecule has 5 heteroatoms. The van der Waals surface area contributed by atoms with Crippen molar-refractivity contribution in [2.24, 2.45) is 5.73 Å². The number of carbonyl (C=O) groups excluding carboxylic acids is 2. The van der Waals surface area contributed by atoms with E-state index in [0.717, 1.165) is 17.3 Å². The van der Waals surface area contributed by atoms with Crippen molar-refractivity contribution in [1.29, 1.82) is 0 Å². The number of nitrogens with two attached hydrogens (primary N) is 1. The molecule has 1 heterocycles. The van der Waals surface area contributed by atoms with Crippen LogP contribution in [0.2, 0.25) is 0 Å². The van der Waals surface area contributed by atoms with Crippen LogP contribution < -0.4 is 5.73 Å². The Kier molecular flexibility index (Phi) is 4.01. The Morgan fingerprint density at radius 3 is 2.78 bits per heavy atom. The van der Waals surface area contributed by atoms with Crippen molar-refractivity contribution in [3.05, 3.63) is 34.3 Å². The number of nitrogens with zero attached hydrogens (tertiary/aromatic N) is 1. The lowest BCUT2D eigenvalue weighted by Gasteiger charge is -2.33. The van der Waals surface area contributed by atoms with Crippen LogP contribution in [0.1, 0.15) is 29.6 Å². The Bertz CT molecular complexity index is 476. The monoisotopic (exact) mass is 310 g/mol. The largest absolute Gasteiger partial charge is 0.368 e. The number of likely N-dealkylation sites (tertiary alicyclic amines) is 1. The lowest BCUT2D eigenvalue weighted by atomic mass is 10.0. The molecule has 1 aromatic rings. The first kappa shape index (κ1) is 13.1. The third-order valence-corrected chi connectivity index (χ3v) is 3.66. The van der Waals surface area contributed by atoms with Crippen LogP contribution in [0.5, 0.6) is 0 Å². The van der Waals surface area contributed by atoms with Crippen LogP contribution in [-0.4, -0.2) is 29.3 Å². The zero-order valence-corrected chi connectivity index (χ0v) is 11.5. The second kappa shape index (κ2) is 5.52. The highest BCUT2D eigenvalue weighted by molar-refractivity contribution is 9.10. The van der Waals surface area contributed by atoms with Crippen LogP contribution in [-0.2, 0) is 4.79 Å². The van der Waals surface area contributed by atoms with Crippen molar-refractivity contribution < 1.29 is 9.59 Å². The summed E-state index contributed by atoms with van der Waals surface area (Å²) in [4.78, 5) is 25.3. The van der Waals surface area contributed by atoms with Gasteiger partial charge >= 0.3 is 0 Å². The number of rotatable bonds is 2. The zero-order chi connectivity index (χ0) is 13.1. The molecule has 2 N–H and O–H groups in total.